The molecule has 0 aliphatic heterocycles. The Kier molecular flexibility index (Phi) is 2.33. The summed E-state index contributed by atoms with van der Waals surface area (Å²) in [6.07, 6.45) is 4.31. The molecule has 0 heterocycles. The second kappa shape index (κ2) is 3.72. The average molecular weight is 265 g/mol. The first-order valence-electron chi connectivity index (χ1n) is 7.07. The number of aryl methyl sites for hydroxylation is 1. The maximum absolute atomic E-state index is 13.3. The zero-order valence-corrected chi connectivity index (χ0v) is 11.3. The molecule has 96 valence electrons. The van der Waals surface area contributed by atoms with Crippen molar-refractivity contribution in [2.24, 2.45) is 29.6 Å². The van der Waals surface area contributed by atoms with Gasteiger partial charge in [-0.3, -0.25) is 0 Å². The Hall–Kier alpha value is -0.560. The molecule has 3 saturated carbocycles. The van der Waals surface area contributed by atoms with Crippen LogP contribution in [0.15, 0.2) is 18.2 Å². The second-order valence-electron chi connectivity index (χ2n) is 6.48. The van der Waals surface area contributed by atoms with Gasteiger partial charge >= 0.3 is 0 Å². The van der Waals surface area contributed by atoms with Crippen molar-refractivity contribution in [1.29, 1.82) is 0 Å². The lowest BCUT2D eigenvalue weighted by Gasteiger charge is -2.15. The van der Waals surface area contributed by atoms with E-state index in [9.17, 15) is 4.39 Å². The van der Waals surface area contributed by atoms with Crippen molar-refractivity contribution >= 4 is 11.6 Å². The molecule has 1 aromatic rings. The third-order valence-electron chi connectivity index (χ3n) is 5.63. The SMILES string of the molecule is Cc1cc(C(Cl)C2C3C4CCC(C4)C32)ccc1F. The number of hydrogen-bond acceptors (Lipinski definition) is 0. The summed E-state index contributed by atoms with van der Waals surface area (Å²) in [6.45, 7) is 1.82. The van der Waals surface area contributed by atoms with Gasteiger partial charge in [-0.25, -0.2) is 4.39 Å². The van der Waals surface area contributed by atoms with E-state index in [0.717, 1.165) is 29.2 Å². The fourth-order valence-corrected chi connectivity index (χ4v) is 5.32. The van der Waals surface area contributed by atoms with E-state index in [1.54, 1.807) is 6.07 Å². The number of halogens is 2. The van der Waals surface area contributed by atoms with E-state index in [-0.39, 0.29) is 11.2 Å². The second-order valence-corrected chi connectivity index (χ2v) is 6.95. The van der Waals surface area contributed by atoms with Crippen LogP contribution in [0.4, 0.5) is 4.39 Å². The van der Waals surface area contributed by atoms with Gasteiger partial charge in [-0.15, -0.1) is 11.6 Å². The molecule has 0 saturated heterocycles. The summed E-state index contributed by atoms with van der Waals surface area (Å²) in [5.74, 6) is 4.22. The van der Waals surface area contributed by atoms with Crippen molar-refractivity contribution in [1.82, 2.24) is 0 Å². The van der Waals surface area contributed by atoms with Gasteiger partial charge in [0, 0.05) is 0 Å². The van der Waals surface area contributed by atoms with Gasteiger partial charge in [0.25, 0.3) is 0 Å². The van der Waals surface area contributed by atoms with Gasteiger partial charge in [0.2, 0.25) is 0 Å². The third-order valence-corrected chi connectivity index (χ3v) is 6.18. The summed E-state index contributed by atoms with van der Waals surface area (Å²) in [5.41, 5.74) is 1.83. The summed E-state index contributed by atoms with van der Waals surface area (Å²) in [4.78, 5) is 0. The Labute approximate surface area is 113 Å². The van der Waals surface area contributed by atoms with E-state index in [2.05, 4.69) is 0 Å². The summed E-state index contributed by atoms with van der Waals surface area (Å²) in [5, 5.41) is 0.0997. The van der Waals surface area contributed by atoms with Gasteiger partial charge in [0.15, 0.2) is 0 Å². The Balaban J connectivity index is 1.58. The maximum Gasteiger partial charge on any atom is 0.126 e. The van der Waals surface area contributed by atoms with Crippen LogP contribution in [0, 0.1) is 42.3 Å². The number of rotatable bonds is 2. The molecule has 3 aliphatic rings. The zero-order chi connectivity index (χ0) is 12.4. The van der Waals surface area contributed by atoms with Crippen LogP contribution < -0.4 is 0 Å². The standard InChI is InChI=1S/C16H18ClF/c1-8-6-11(4-5-12(8)18)16(17)15-13-9-2-3-10(7-9)14(13)15/h4-6,9-10,13-16H,2-3,7H2,1H3. The minimum absolute atomic E-state index is 0.0997. The van der Waals surface area contributed by atoms with Gasteiger partial charge in [-0.05, 0) is 73.0 Å². The van der Waals surface area contributed by atoms with Gasteiger partial charge in [0.1, 0.15) is 5.82 Å². The topological polar surface area (TPSA) is 0 Å². The molecule has 3 fully saturated rings. The molecule has 0 N–H and O–H groups in total. The first kappa shape index (κ1) is 11.3. The molecular weight excluding hydrogens is 247 g/mol. The van der Waals surface area contributed by atoms with Crippen molar-refractivity contribution in [3.8, 4) is 0 Å². The first-order valence-corrected chi connectivity index (χ1v) is 7.50. The van der Waals surface area contributed by atoms with Crippen molar-refractivity contribution < 1.29 is 4.39 Å². The molecule has 0 aromatic heterocycles. The largest absolute Gasteiger partial charge is 0.207 e. The smallest absolute Gasteiger partial charge is 0.126 e. The Bertz CT molecular complexity index is 482. The molecule has 1 aromatic carbocycles. The Morgan fingerprint density at radius 2 is 1.89 bits per heavy atom. The minimum atomic E-state index is -0.126. The fraction of sp³-hybridized carbons (Fsp3) is 0.625. The lowest BCUT2D eigenvalue weighted by atomic mass is 9.96. The van der Waals surface area contributed by atoms with Gasteiger partial charge < -0.3 is 0 Å². The number of fused-ring (bicyclic) bond motifs is 5. The fourth-order valence-electron chi connectivity index (χ4n) is 4.85. The molecule has 5 unspecified atom stereocenters. The normalized spacial score (nSPS) is 41.8. The number of alkyl halides is 1. The van der Waals surface area contributed by atoms with Crippen LogP contribution in [0.5, 0.6) is 0 Å². The highest BCUT2D eigenvalue weighted by atomic mass is 35.5. The maximum atomic E-state index is 13.3. The summed E-state index contributed by atoms with van der Waals surface area (Å²) in [6, 6.07) is 5.37. The van der Waals surface area contributed by atoms with Crippen LogP contribution >= 0.6 is 11.6 Å². The zero-order valence-electron chi connectivity index (χ0n) is 10.6. The Morgan fingerprint density at radius 1 is 1.22 bits per heavy atom. The molecule has 0 radical (unpaired) electrons. The predicted molar refractivity (Wildman–Crippen MR) is 71.0 cm³/mol. The van der Waals surface area contributed by atoms with Gasteiger partial charge in [-0.2, -0.15) is 0 Å². The first-order chi connectivity index (χ1) is 8.66. The van der Waals surface area contributed by atoms with Gasteiger partial charge in [0.05, 0.1) is 5.38 Å². The lowest BCUT2D eigenvalue weighted by Crippen LogP contribution is -2.04. The van der Waals surface area contributed by atoms with E-state index < -0.39 is 0 Å². The van der Waals surface area contributed by atoms with E-state index >= 15 is 0 Å². The monoisotopic (exact) mass is 264 g/mol. The molecule has 5 atom stereocenters. The van der Waals surface area contributed by atoms with Crippen LogP contribution in [0.1, 0.15) is 35.8 Å². The van der Waals surface area contributed by atoms with Crippen molar-refractivity contribution in [3.63, 3.8) is 0 Å². The van der Waals surface area contributed by atoms with E-state index in [4.69, 9.17) is 11.6 Å². The van der Waals surface area contributed by atoms with E-state index in [1.807, 2.05) is 19.1 Å². The molecule has 3 aliphatic carbocycles. The molecular formula is C16H18ClF. The highest BCUT2D eigenvalue weighted by Crippen LogP contribution is 2.73. The molecule has 2 bridgehead atoms. The average Bonchev–Trinajstić information content (AvgIpc) is 2.80. The Morgan fingerprint density at radius 3 is 2.50 bits per heavy atom. The van der Waals surface area contributed by atoms with Crippen LogP contribution in [0.2, 0.25) is 0 Å². The molecule has 0 spiro atoms. The van der Waals surface area contributed by atoms with Gasteiger partial charge in [-0.1, -0.05) is 12.1 Å². The predicted octanol–water partition coefficient (Wildman–Crippen LogP) is 4.71. The number of hydrogen-bond donors (Lipinski definition) is 0. The molecule has 0 nitrogen and oxygen atoms in total. The van der Waals surface area contributed by atoms with Crippen LogP contribution in [-0.4, -0.2) is 0 Å². The van der Waals surface area contributed by atoms with Crippen molar-refractivity contribution in [2.45, 2.75) is 31.6 Å². The van der Waals surface area contributed by atoms with E-state index in [1.165, 1.54) is 19.3 Å². The molecule has 2 heteroatoms. The van der Waals surface area contributed by atoms with Crippen molar-refractivity contribution in [3.05, 3.63) is 35.1 Å². The third kappa shape index (κ3) is 1.43. The van der Waals surface area contributed by atoms with E-state index in [0.29, 0.717) is 11.5 Å². The quantitative estimate of drug-likeness (QED) is 0.679. The molecule has 4 rings (SSSR count). The molecule has 18 heavy (non-hydrogen) atoms. The highest BCUT2D eigenvalue weighted by molar-refractivity contribution is 6.21. The molecule has 0 amide bonds. The van der Waals surface area contributed by atoms with Crippen LogP contribution in [-0.2, 0) is 0 Å². The highest BCUT2D eigenvalue weighted by Gasteiger charge is 2.66. The lowest BCUT2D eigenvalue weighted by molar-refractivity contribution is 0.454. The van der Waals surface area contributed by atoms with Crippen LogP contribution in [0.25, 0.3) is 0 Å². The van der Waals surface area contributed by atoms with Crippen LogP contribution in [0.3, 0.4) is 0 Å². The van der Waals surface area contributed by atoms with Crippen molar-refractivity contribution in [2.75, 3.05) is 0 Å². The minimum Gasteiger partial charge on any atom is -0.207 e. The summed E-state index contributed by atoms with van der Waals surface area (Å²) >= 11 is 6.67. The summed E-state index contributed by atoms with van der Waals surface area (Å²) < 4.78 is 13.3. The number of benzene rings is 1. The summed E-state index contributed by atoms with van der Waals surface area (Å²) in [7, 11) is 0.